The Balaban J connectivity index is 0.00000162. The second kappa shape index (κ2) is 6.71. The van der Waals surface area contributed by atoms with Crippen LogP contribution in [0.5, 0.6) is 0 Å². The molecule has 0 saturated carbocycles. The van der Waals surface area contributed by atoms with Crippen molar-refractivity contribution in [3.8, 4) is 0 Å². The third kappa shape index (κ3) is 3.68. The second-order valence-corrected chi connectivity index (χ2v) is 4.55. The molecule has 1 fully saturated rings. The van der Waals surface area contributed by atoms with Gasteiger partial charge in [0.2, 0.25) is 5.91 Å². The number of rotatable bonds is 4. The minimum Gasteiger partial charge on any atom is -0.352 e. The summed E-state index contributed by atoms with van der Waals surface area (Å²) in [4.78, 5) is 11.8. The quantitative estimate of drug-likeness (QED) is 0.876. The summed E-state index contributed by atoms with van der Waals surface area (Å²) in [5, 5.41) is 5.99. The van der Waals surface area contributed by atoms with Crippen LogP contribution < -0.4 is 10.6 Å². The fourth-order valence-corrected chi connectivity index (χ4v) is 1.88. The van der Waals surface area contributed by atoms with Gasteiger partial charge in [-0.2, -0.15) is 0 Å². The van der Waals surface area contributed by atoms with Gasteiger partial charge < -0.3 is 10.6 Å². The molecule has 1 unspecified atom stereocenters. The van der Waals surface area contributed by atoms with Crippen molar-refractivity contribution in [2.24, 2.45) is 11.8 Å². The van der Waals surface area contributed by atoms with Crippen LogP contribution in [0.25, 0.3) is 0 Å². The summed E-state index contributed by atoms with van der Waals surface area (Å²) < 4.78 is 12.9. The monoisotopic (exact) mass is 272 g/mol. The molecular formula is C13H18ClFN2O. The van der Waals surface area contributed by atoms with Crippen molar-refractivity contribution in [1.29, 1.82) is 0 Å². The first-order chi connectivity index (χ1) is 8.16. The lowest BCUT2D eigenvalue weighted by atomic mass is 9.88. The summed E-state index contributed by atoms with van der Waals surface area (Å²) in [6, 6.07) is 6.29. The normalized spacial score (nSPS) is 16.3. The molecule has 0 aliphatic carbocycles. The van der Waals surface area contributed by atoms with E-state index in [1.54, 1.807) is 12.1 Å². The first-order valence-corrected chi connectivity index (χ1v) is 5.89. The highest BCUT2D eigenvalue weighted by molar-refractivity contribution is 5.85. The Hall–Kier alpha value is -1.13. The van der Waals surface area contributed by atoms with Gasteiger partial charge >= 0.3 is 0 Å². The fourth-order valence-electron chi connectivity index (χ4n) is 1.88. The van der Waals surface area contributed by atoms with Crippen molar-refractivity contribution in [3.05, 3.63) is 35.6 Å². The largest absolute Gasteiger partial charge is 0.352 e. The van der Waals surface area contributed by atoms with Crippen LogP contribution >= 0.6 is 12.4 Å². The van der Waals surface area contributed by atoms with Crippen molar-refractivity contribution < 1.29 is 9.18 Å². The van der Waals surface area contributed by atoms with Gasteiger partial charge in [-0.15, -0.1) is 12.4 Å². The zero-order chi connectivity index (χ0) is 12.3. The molecule has 1 saturated heterocycles. The highest BCUT2D eigenvalue weighted by atomic mass is 35.5. The Kier molecular flexibility index (Phi) is 5.56. The third-order valence-corrected chi connectivity index (χ3v) is 3.29. The highest BCUT2D eigenvalue weighted by Gasteiger charge is 2.28. The molecule has 2 N–H and O–H groups in total. The lowest BCUT2D eigenvalue weighted by Crippen LogP contribution is -2.49. The summed E-state index contributed by atoms with van der Waals surface area (Å²) in [6.07, 6.45) is 0. The van der Waals surface area contributed by atoms with E-state index in [9.17, 15) is 9.18 Å². The molecular weight excluding hydrogens is 255 g/mol. The van der Waals surface area contributed by atoms with Crippen LogP contribution in [0.3, 0.4) is 0 Å². The summed E-state index contributed by atoms with van der Waals surface area (Å²) in [7, 11) is 0. The summed E-state index contributed by atoms with van der Waals surface area (Å²) in [5.41, 5.74) is 0.789. The van der Waals surface area contributed by atoms with Crippen LogP contribution in [0.1, 0.15) is 12.5 Å². The zero-order valence-electron chi connectivity index (χ0n) is 10.3. The standard InChI is InChI=1S/C13H17FN2O.ClH/c1-9(11-7-15-8-11)13(17)16-6-10-3-2-4-12(14)5-10;/h2-5,9,11,15H,6-8H2,1H3,(H,16,17);1H. The Bertz CT molecular complexity index is 410. The molecule has 3 nitrogen and oxygen atoms in total. The molecule has 0 bridgehead atoms. The first-order valence-electron chi connectivity index (χ1n) is 5.89. The molecule has 1 aliphatic heterocycles. The van der Waals surface area contributed by atoms with Gasteiger partial charge in [-0.25, -0.2) is 4.39 Å². The van der Waals surface area contributed by atoms with Crippen molar-refractivity contribution in [2.45, 2.75) is 13.5 Å². The van der Waals surface area contributed by atoms with Gasteiger partial charge in [0.25, 0.3) is 0 Å². The van der Waals surface area contributed by atoms with Crippen LogP contribution in [0.15, 0.2) is 24.3 Å². The number of amides is 1. The molecule has 2 rings (SSSR count). The number of hydrogen-bond acceptors (Lipinski definition) is 2. The lowest BCUT2D eigenvalue weighted by Gasteiger charge is -2.31. The van der Waals surface area contributed by atoms with Crippen molar-refractivity contribution in [1.82, 2.24) is 10.6 Å². The lowest BCUT2D eigenvalue weighted by molar-refractivity contribution is -0.126. The van der Waals surface area contributed by atoms with Gasteiger partial charge in [0, 0.05) is 12.5 Å². The minimum atomic E-state index is -0.270. The van der Waals surface area contributed by atoms with Gasteiger partial charge in [0.15, 0.2) is 0 Å². The Morgan fingerprint density at radius 2 is 2.28 bits per heavy atom. The Morgan fingerprint density at radius 1 is 1.56 bits per heavy atom. The second-order valence-electron chi connectivity index (χ2n) is 4.55. The topological polar surface area (TPSA) is 41.1 Å². The average molecular weight is 273 g/mol. The maximum atomic E-state index is 12.9. The average Bonchev–Trinajstić information content (AvgIpc) is 2.23. The maximum Gasteiger partial charge on any atom is 0.223 e. The molecule has 1 aromatic carbocycles. The van der Waals surface area contributed by atoms with E-state index < -0.39 is 0 Å². The number of carbonyl (C=O) groups is 1. The van der Waals surface area contributed by atoms with E-state index in [0.29, 0.717) is 12.5 Å². The number of carbonyl (C=O) groups excluding carboxylic acids is 1. The molecule has 0 spiro atoms. The van der Waals surface area contributed by atoms with Crippen molar-refractivity contribution in [2.75, 3.05) is 13.1 Å². The van der Waals surface area contributed by atoms with Crippen LogP contribution in [-0.2, 0) is 11.3 Å². The first kappa shape index (κ1) is 14.9. The van der Waals surface area contributed by atoms with E-state index in [4.69, 9.17) is 0 Å². The predicted octanol–water partition coefficient (Wildman–Crippen LogP) is 1.72. The number of nitrogens with one attached hydrogen (secondary N) is 2. The van der Waals surface area contributed by atoms with Crippen molar-refractivity contribution >= 4 is 18.3 Å². The zero-order valence-corrected chi connectivity index (χ0v) is 11.1. The summed E-state index contributed by atoms with van der Waals surface area (Å²) in [5.74, 6) is 0.223. The molecule has 0 radical (unpaired) electrons. The number of halogens is 2. The van der Waals surface area contributed by atoms with Gasteiger partial charge in [-0.05, 0) is 36.7 Å². The van der Waals surface area contributed by atoms with Crippen molar-refractivity contribution in [3.63, 3.8) is 0 Å². The molecule has 1 atom stereocenters. The van der Waals surface area contributed by atoms with E-state index in [-0.39, 0.29) is 30.0 Å². The Morgan fingerprint density at radius 3 is 2.83 bits per heavy atom. The van der Waals surface area contributed by atoms with E-state index >= 15 is 0 Å². The van der Waals surface area contributed by atoms with Crippen LogP contribution in [0.4, 0.5) is 4.39 Å². The molecule has 1 heterocycles. The smallest absolute Gasteiger partial charge is 0.223 e. The van der Waals surface area contributed by atoms with E-state index in [1.165, 1.54) is 12.1 Å². The van der Waals surface area contributed by atoms with Gasteiger partial charge in [0.1, 0.15) is 5.82 Å². The SMILES string of the molecule is CC(C(=O)NCc1cccc(F)c1)C1CNC1.Cl. The number of hydrogen-bond donors (Lipinski definition) is 2. The van der Waals surface area contributed by atoms with E-state index in [0.717, 1.165) is 18.7 Å². The van der Waals surface area contributed by atoms with E-state index in [1.807, 2.05) is 6.92 Å². The van der Waals surface area contributed by atoms with Crippen LogP contribution in [-0.4, -0.2) is 19.0 Å². The summed E-state index contributed by atoms with van der Waals surface area (Å²) in [6.45, 7) is 4.15. The molecule has 18 heavy (non-hydrogen) atoms. The molecule has 1 amide bonds. The van der Waals surface area contributed by atoms with Gasteiger partial charge in [0.05, 0.1) is 0 Å². The molecule has 0 aromatic heterocycles. The molecule has 5 heteroatoms. The fraction of sp³-hybridized carbons (Fsp3) is 0.462. The third-order valence-electron chi connectivity index (χ3n) is 3.29. The molecule has 100 valence electrons. The molecule has 1 aromatic rings. The highest BCUT2D eigenvalue weighted by Crippen LogP contribution is 2.16. The van der Waals surface area contributed by atoms with Crippen LogP contribution in [0.2, 0.25) is 0 Å². The van der Waals surface area contributed by atoms with Gasteiger partial charge in [-0.1, -0.05) is 19.1 Å². The summed E-state index contributed by atoms with van der Waals surface area (Å²) >= 11 is 0. The minimum absolute atomic E-state index is 0. The maximum absolute atomic E-state index is 12.9. The molecule has 1 aliphatic rings. The number of benzene rings is 1. The van der Waals surface area contributed by atoms with Crippen LogP contribution in [0, 0.1) is 17.7 Å². The van der Waals surface area contributed by atoms with Gasteiger partial charge in [-0.3, -0.25) is 4.79 Å². The Labute approximate surface area is 113 Å². The predicted molar refractivity (Wildman–Crippen MR) is 71.0 cm³/mol. The van der Waals surface area contributed by atoms with E-state index in [2.05, 4.69) is 10.6 Å².